The summed E-state index contributed by atoms with van der Waals surface area (Å²) < 4.78 is 5.04. The van der Waals surface area contributed by atoms with Crippen LogP contribution in [0.3, 0.4) is 0 Å². The van der Waals surface area contributed by atoms with Crippen LogP contribution < -0.4 is 0 Å². The van der Waals surface area contributed by atoms with Gasteiger partial charge in [0, 0.05) is 0 Å². The molecule has 2 aliphatic carbocycles. The largest absolute Gasteiger partial charge is 0.469 e. The summed E-state index contributed by atoms with van der Waals surface area (Å²) in [5.74, 6) is 2.48. The molecule has 2 nitrogen and oxygen atoms in total. The predicted molar refractivity (Wildman–Crippen MR) is 77.7 cm³/mol. The number of carbonyl (C=O) groups is 1. The molecule has 0 radical (unpaired) electrons. The molecule has 4 atom stereocenters. The van der Waals surface area contributed by atoms with Crippen LogP contribution in [-0.2, 0) is 9.53 Å². The molecule has 1 saturated carbocycles. The highest BCUT2D eigenvalue weighted by atomic mass is 16.5. The Balaban J connectivity index is 2.30. The average Bonchev–Trinajstić information content (AvgIpc) is 2.37. The zero-order chi connectivity index (χ0) is 14.2. The zero-order valence-corrected chi connectivity index (χ0v) is 13.0. The number of ether oxygens (including phenoxy) is 1. The Bertz CT molecular complexity index is 381. The van der Waals surface area contributed by atoms with Gasteiger partial charge in [0.25, 0.3) is 0 Å². The van der Waals surface area contributed by atoms with Crippen LogP contribution in [0.2, 0.25) is 0 Å². The fraction of sp³-hybridized carbons (Fsp3) is 0.824. The van der Waals surface area contributed by atoms with Crippen molar-refractivity contribution in [2.24, 2.45) is 29.1 Å². The monoisotopic (exact) mass is 264 g/mol. The molecule has 108 valence electrons. The lowest BCUT2D eigenvalue weighted by molar-refractivity contribution is -0.157. The Morgan fingerprint density at radius 1 is 1.32 bits per heavy atom. The number of hydrogen-bond donors (Lipinski definition) is 0. The van der Waals surface area contributed by atoms with Gasteiger partial charge in [-0.3, -0.25) is 4.79 Å². The van der Waals surface area contributed by atoms with E-state index < -0.39 is 0 Å². The van der Waals surface area contributed by atoms with E-state index >= 15 is 0 Å². The number of fused-ring (bicyclic) bond motifs is 1. The lowest BCUT2D eigenvalue weighted by Crippen LogP contribution is -2.45. The second-order valence-corrected chi connectivity index (χ2v) is 7.17. The number of allylic oxidation sites excluding steroid dienone is 2. The molecular weight excluding hydrogens is 236 g/mol. The predicted octanol–water partition coefficient (Wildman–Crippen LogP) is 4.20. The molecule has 0 unspecified atom stereocenters. The van der Waals surface area contributed by atoms with E-state index in [2.05, 4.69) is 33.8 Å². The number of hydrogen-bond acceptors (Lipinski definition) is 2. The molecule has 0 N–H and O–H groups in total. The lowest BCUT2D eigenvalue weighted by Gasteiger charge is -2.48. The highest BCUT2D eigenvalue weighted by molar-refractivity contribution is 5.76. The molecule has 1 fully saturated rings. The second kappa shape index (κ2) is 5.30. The summed E-state index contributed by atoms with van der Waals surface area (Å²) in [5.41, 5.74) is 1.13. The van der Waals surface area contributed by atoms with Gasteiger partial charge in [-0.1, -0.05) is 25.0 Å². The SMILES string of the molecule is COC(=O)C(C)(C)[C@@H]1CC[C@@H](C)[C@@H]2CCC(C)=C[C@@H]21. The number of carbonyl (C=O) groups excluding carboxylic acids is 1. The minimum Gasteiger partial charge on any atom is -0.469 e. The molecule has 2 heteroatoms. The summed E-state index contributed by atoms with van der Waals surface area (Å²) in [5, 5.41) is 0. The Morgan fingerprint density at radius 3 is 2.63 bits per heavy atom. The minimum absolute atomic E-state index is 0.0533. The van der Waals surface area contributed by atoms with Gasteiger partial charge in [-0.2, -0.15) is 0 Å². The van der Waals surface area contributed by atoms with Crippen molar-refractivity contribution >= 4 is 5.97 Å². The third-order valence-electron chi connectivity index (χ3n) is 5.61. The van der Waals surface area contributed by atoms with Crippen molar-refractivity contribution in [3.05, 3.63) is 11.6 Å². The Kier molecular flexibility index (Phi) is 4.08. The van der Waals surface area contributed by atoms with Crippen molar-refractivity contribution < 1.29 is 9.53 Å². The van der Waals surface area contributed by atoms with Gasteiger partial charge in [0.1, 0.15) is 0 Å². The Hall–Kier alpha value is -0.790. The van der Waals surface area contributed by atoms with Crippen molar-refractivity contribution in [1.29, 1.82) is 0 Å². The summed E-state index contributed by atoms with van der Waals surface area (Å²) in [6.45, 7) is 8.74. The fourth-order valence-corrected chi connectivity index (χ4v) is 4.31. The van der Waals surface area contributed by atoms with Gasteiger partial charge in [-0.15, -0.1) is 0 Å². The van der Waals surface area contributed by atoms with E-state index in [9.17, 15) is 4.79 Å². The van der Waals surface area contributed by atoms with Gasteiger partial charge in [-0.05, 0) is 63.7 Å². The van der Waals surface area contributed by atoms with Gasteiger partial charge >= 0.3 is 5.97 Å². The minimum atomic E-state index is -0.369. The average molecular weight is 264 g/mol. The van der Waals surface area contributed by atoms with Crippen molar-refractivity contribution in [3.8, 4) is 0 Å². The maximum absolute atomic E-state index is 12.1. The summed E-state index contributed by atoms with van der Waals surface area (Å²) in [6.07, 6.45) is 7.38. The standard InChI is InChI=1S/C17H28O2/c1-11-6-8-13-12(2)7-9-15(14(13)10-11)17(3,4)16(18)19-5/h10,12-15H,6-9H2,1-5H3/t12-,13+,14+,15-/m1/s1. The van der Waals surface area contributed by atoms with E-state index in [4.69, 9.17) is 4.74 Å². The molecule has 0 spiro atoms. The smallest absolute Gasteiger partial charge is 0.311 e. The van der Waals surface area contributed by atoms with Crippen molar-refractivity contribution in [3.63, 3.8) is 0 Å². The molecule has 0 aromatic rings. The zero-order valence-electron chi connectivity index (χ0n) is 13.0. The third-order valence-corrected chi connectivity index (χ3v) is 5.61. The van der Waals surface area contributed by atoms with E-state index in [1.54, 1.807) is 0 Å². The maximum atomic E-state index is 12.1. The first-order valence-electron chi connectivity index (χ1n) is 7.63. The Morgan fingerprint density at radius 2 is 2.00 bits per heavy atom. The summed E-state index contributed by atoms with van der Waals surface area (Å²) >= 11 is 0. The van der Waals surface area contributed by atoms with Crippen LogP contribution >= 0.6 is 0 Å². The van der Waals surface area contributed by atoms with Gasteiger partial charge < -0.3 is 4.74 Å². The quantitative estimate of drug-likeness (QED) is 0.552. The number of esters is 1. The fourth-order valence-electron chi connectivity index (χ4n) is 4.31. The van der Waals surface area contributed by atoms with E-state index in [0.29, 0.717) is 11.8 Å². The van der Waals surface area contributed by atoms with Gasteiger partial charge in [0.2, 0.25) is 0 Å². The Labute approximate surface area is 117 Å². The highest BCUT2D eigenvalue weighted by Crippen LogP contribution is 2.51. The molecule has 0 bridgehead atoms. The second-order valence-electron chi connectivity index (χ2n) is 7.17. The molecule has 2 rings (SSSR count). The molecular formula is C17H28O2. The van der Waals surface area contributed by atoms with Gasteiger partial charge in [-0.25, -0.2) is 0 Å². The topological polar surface area (TPSA) is 26.3 Å². The normalized spacial score (nSPS) is 35.3. The van der Waals surface area contributed by atoms with Crippen molar-refractivity contribution in [2.75, 3.05) is 7.11 Å². The van der Waals surface area contributed by atoms with E-state index in [1.807, 2.05) is 0 Å². The number of methoxy groups -OCH3 is 1. The van der Waals surface area contributed by atoms with Crippen LogP contribution in [-0.4, -0.2) is 13.1 Å². The molecule has 0 aliphatic heterocycles. The van der Waals surface area contributed by atoms with Crippen molar-refractivity contribution in [2.45, 2.75) is 53.4 Å². The lowest BCUT2D eigenvalue weighted by atomic mass is 9.56. The first-order valence-corrected chi connectivity index (χ1v) is 7.63. The first-order chi connectivity index (χ1) is 8.87. The molecule has 0 amide bonds. The molecule has 0 heterocycles. The van der Waals surface area contributed by atoms with Crippen LogP contribution in [0.4, 0.5) is 0 Å². The van der Waals surface area contributed by atoms with E-state index in [-0.39, 0.29) is 11.4 Å². The summed E-state index contributed by atoms with van der Waals surface area (Å²) in [6, 6.07) is 0. The third kappa shape index (κ3) is 2.59. The first kappa shape index (κ1) is 14.6. The molecule has 0 aromatic carbocycles. The molecule has 2 aliphatic rings. The van der Waals surface area contributed by atoms with Crippen LogP contribution in [0.25, 0.3) is 0 Å². The van der Waals surface area contributed by atoms with Crippen LogP contribution in [0.5, 0.6) is 0 Å². The molecule has 19 heavy (non-hydrogen) atoms. The molecule has 0 saturated heterocycles. The maximum Gasteiger partial charge on any atom is 0.311 e. The summed E-state index contributed by atoms with van der Waals surface area (Å²) in [7, 11) is 1.51. The van der Waals surface area contributed by atoms with E-state index in [0.717, 1.165) is 18.3 Å². The van der Waals surface area contributed by atoms with Crippen molar-refractivity contribution in [1.82, 2.24) is 0 Å². The van der Waals surface area contributed by atoms with Crippen LogP contribution in [0, 0.1) is 29.1 Å². The molecule has 0 aromatic heterocycles. The van der Waals surface area contributed by atoms with Gasteiger partial charge in [0.05, 0.1) is 12.5 Å². The van der Waals surface area contributed by atoms with E-state index in [1.165, 1.54) is 31.9 Å². The van der Waals surface area contributed by atoms with Crippen LogP contribution in [0.15, 0.2) is 11.6 Å². The van der Waals surface area contributed by atoms with Gasteiger partial charge in [0.15, 0.2) is 0 Å². The van der Waals surface area contributed by atoms with Crippen LogP contribution in [0.1, 0.15) is 53.4 Å². The summed E-state index contributed by atoms with van der Waals surface area (Å²) in [4.78, 5) is 12.1. The highest BCUT2D eigenvalue weighted by Gasteiger charge is 2.47. The number of rotatable bonds is 2.